The summed E-state index contributed by atoms with van der Waals surface area (Å²) >= 11 is 0. The van der Waals surface area contributed by atoms with Gasteiger partial charge in [-0.1, -0.05) is 36.4 Å². The van der Waals surface area contributed by atoms with E-state index >= 15 is 0 Å². The highest BCUT2D eigenvalue weighted by Crippen LogP contribution is 2.60. The molecule has 4 nitrogen and oxygen atoms in total. The van der Waals surface area contributed by atoms with Crippen LogP contribution < -0.4 is 0 Å². The van der Waals surface area contributed by atoms with Gasteiger partial charge in [-0.2, -0.15) is 0 Å². The van der Waals surface area contributed by atoms with Gasteiger partial charge in [0.2, 0.25) is 5.91 Å². The van der Waals surface area contributed by atoms with Gasteiger partial charge in [-0.05, 0) is 61.8 Å². The van der Waals surface area contributed by atoms with Gasteiger partial charge >= 0.3 is 0 Å². The van der Waals surface area contributed by atoms with Gasteiger partial charge in [-0.3, -0.25) is 14.5 Å². The summed E-state index contributed by atoms with van der Waals surface area (Å²) in [4.78, 5) is 30.5. The van der Waals surface area contributed by atoms with Gasteiger partial charge in [0.1, 0.15) is 5.78 Å². The summed E-state index contributed by atoms with van der Waals surface area (Å²) in [5.74, 6) is 2.89. The Labute approximate surface area is 186 Å². The maximum absolute atomic E-state index is 13.2. The summed E-state index contributed by atoms with van der Waals surface area (Å²) in [7, 11) is 0. The second-order valence-electron chi connectivity index (χ2n) is 10.6. The molecule has 4 bridgehead atoms. The first-order valence-corrected chi connectivity index (χ1v) is 12.3. The number of carbonyl (C=O) groups is 2. The van der Waals surface area contributed by atoms with E-state index in [-0.39, 0.29) is 17.4 Å². The average Bonchev–Trinajstić information content (AvgIpc) is 2.78. The normalized spacial score (nSPS) is 33.3. The minimum absolute atomic E-state index is 0.0689. The summed E-state index contributed by atoms with van der Waals surface area (Å²) in [5, 5.41) is 0. The third-order valence-electron chi connectivity index (χ3n) is 8.62. The average molecular weight is 421 g/mol. The molecule has 1 heterocycles. The Balaban J connectivity index is 1.12. The number of rotatable bonds is 7. The maximum Gasteiger partial charge on any atom is 0.223 e. The van der Waals surface area contributed by atoms with Crippen molar-refractivity contribution in [2.24, 2.45) is 23.2 Å². The van der Waals surface area contributed by atoms with Crippen molar-refractivity contribution in [3.63, 3.8) is 0 Å². The van der Waals surface area contributed by atoms with Crippen LogP contribution in [-0.4, -0.2) is 47.7 Å². The van der Waals surface area contributed by atoms with E-state index in [1.54, 1.807) is 0 Å². The van der Waals surface area contributed by atoms with Crippen LogP contribution in [0.3, 0.4) is 0 Å². The van der Waals surface area contributed by atoms with Gasteiger partial charge in [-0.25, -0.2) is 0 Å². The summed E-state index contributed by atoms with van der Waals surface area (Å²) in [5.41, 5.74) is 1.18. The molecule has 4 heteroatoms. The summed E-state index contributed by atoms with van der Waals surface area (Å²) in [6, 6.07) is 10.6. The van der Waals surface area contributed by atoms with E-state index in [1.807, 2.05) is 17.0 Å². The monoisotopic (exact) mass is 420 g/mol. The molecule has 0 aromatic heterocycles. The van der Waals surface area contributed by atoms with Gasteiger partial charge in [-0.15, -0.1) is 6.58 Å². The van der Waals surface area contributed by atoms with E-state index in [2.05, 4.69) is 35.7 Å². The molecule has 5 fully saturated rings. The first-order valence-electron chi connectivity index (χ1n) is 12.3. The molecule has 6 rings (SSSR count). The number of hydrogen-bond acceptors (Lipinski definition) is 3. The number of nitrogens with zero attached hydrogens (tertiary/aromatic N) is 2. The Morgan fingerprint density at radius 2 is 1.52 bits per heavy atom. The van der Waals surface area contributed by atoms with Crippen molar-refractivity contribution in [2.45, 2.75) is 57.4 Å². The van der Waals surface area contributed by atoms with Crippen LogP contribution in [0.25, 0.3) is 0 Å². The minimum atomic E-state index is -0.0689. The first-order chi connectivity index (χ1) is 15.1. The lowest BCUT2D eigenvalue weighted by atomic mass is 9.48. The van der Waals surface area contributed by atoms with Crippen molar-refractivity contribution in [3.8, 4) is 0 Å². The molecule has 1 aromatic rings. The number of amides is 1. The van der Waals surface area contributed by atoms with Crippen LogP contribution in [0.2, 0.25) is 0 Å². The number of ketones is 1. The molecule has 4 saturated carbocycles. The van der Waals surface area contributed by atoms with Crippen LogP contribution in [0.4, 0.5) is 0 Å². The van der Waals surface area contributed by atoms with E-state index < -0.39 is 0 Å². The second-order valence-corrected chi connectivity index (χ2v) is 10.6. The maximum atomic E-state index is 13.2. The van der Waals surface area contributed by atoms with Crippen molar-refractivity contribution < 1.29 is 9.59 Å². The predicted molar refractivity (Wildman–Crippen MR) is 122 cm³/mol. The van der Waals surface area contributed by atoms with Crippen molar-refractivity contribution in [3.05, 3.63) is 48.6 Å². The van der Waals surface area contributed by atoms with Crippen molar-refractivity contribution in [2.75, 3.05) is 26.2 Å². The van der Waals surface area contributed by atoms with E-state index in [4.69, 9.17) is 0 Å². The first kappa shape index (κ1) is 20.9. The molecule has 0 radical (unpaired) electrons. The summed E-state index contributed by atoms with van der Waals surface area (Å²) < 4.78 is 0. The molecule has 1 unspecified atom stereocenters. The summed E-state index contributed by atoms with van der Waals surface area (Å²) in [6.45, 7) is 7.20. The lowest BCUT2D eigenvalue weighted by molar-refractivity contribution is -0.146. The quantitative estimate of drug-likeness (QED) is 0.604. The van der Waals surface area contributed by atoms with Crippen LogP contribution in [-0.2, 0) is 9.59 Å². The van der Waals surface area contributed by atoms with Gasteiger partial charge in [0.15, 0.2) is 0 Å². The predicted octanol–water partition coefficient (Wildman–Crippen LogP) is 4.62. The van der Waals surface area contributed by atoms with Crippen LogP contribution in [0.1, 0.15) is 63.0 Å². The molecule has 166 valence electrons. The Morgan fingerprint density at radius 3 is 2.06 bits per heavy atom. The van der Waals surface area contributed by atoms with Crippen molar-refractivity contribution in [1.82, 2.24) is 9.80 Å². The van der Waals surface area contributed by atoms with Crippen LogP contribution in [0.5, 0.6) is 0 Å². The van der Waals surface area contributed by atoms with E-state index in [0.29, 0.717) is 18.6 Å². The zero-order valence-electron chi connectivity index (χ0n) is 18.7. The van der Waals surface area contributed by atoms with Crippen LogP contribution in [0, 0.1) is 23.2 Å². The fourth-order valence-corrected chi connectivity index (χ4v) is 7.49. The molecule has 31 heavy (non-hydrogen) atoms. The standard InChI is InChI=1S/C27H36N2O2/c1-2-24(23-6-4-3-5-7-23)28-10-12-29(13-11-28)26(31)9-8-25(30)27-17-20-14-21(18-27)16-22(15-20)19-27/h2-7,20-22,24H,1,8-19H2. The molecule has 1 amide bonds. The molecular weight excluding hydrogens is 384 g/mol. The number of hydrogen-bond donors (Lipinski definition) is 0. The molecule has 1 aliphatic heterocycles. The van der Waals surface area contributed by atoms with Gasteiger partial charge in [0.25, 0.3) is 0 Å². The second kappa shape index (κ2) is 8.54. The minimum Gasteiger partial charge on any atom is -0.340 e. The largest absolute Gasteiger partial charge is 0.340 e. The SMILES string of the molecule is C=CC(c1ccccc1)N1CCN(C(=O)CCC(=O)C23CC4CC(CC(C4)C2)C3)CC1. The lowest BCUT2D eigenvalue weighted by Crippen LogP contribution is -2.51. The van der Waals surface area contributed by atoms with Gasteiger partial charge < -0.3 is 4.90 Å². The highest BCUT2D eigenvalue weighted by Gasteiger charge is 2.54. The molecule has 1 atom stereocenters. The fourth-order valence-electron chi connectivity index (χ4n) is 7.49. The molecule has 1 aromatic carbocycles. The van der Waals surface area contributed by atoms with E-state index in [1.165, 1.54) is 24.8 Å². The molecule has 0 N–H and O–H groups in total. The molecule has 4 aliphatic carbocycles. The molecule has 0 spiro atoms. The smallest absolute Gasteiger partial charge is 0.223 e. The summed E-state index contributed by atoms with van der Waals surface area (Å²) in [6.07, 6.45) is 10.2. The number of Topliss-reactive ketones (excluding diaryl/α,β-unsaturated/α-hetero) is 1. The number of carbonyl (C=O) groups excluding carboxylic acids is 2. The number of benzene rings is 1. The Bertz CT molecular complexity index is 790. The van der Waals surface area contributed by atoms with Crippen molar-refractivity contribution >= 4 is 11.7 Å². The fraction of sp³-hybridized carbons (Fsp3) is 0.630. The Kier molecular flexibility index (Phi) is 5.76. The molecule has 1 saturated heterocycles. The molecular formula is C27H36N2O2. The van der Waals surface area contributed by atoms with E-state index in [9.17, 15) is 9.59 Å². The zero-order valence-corrected chi connectivity index (χ0v) is 18.7. The lowest BCUT2D eigenvalue weighted by Gasteiger charge is -2.56. The highest BCUT2D eigenvalue weighted by molar-refractivity contribution is 5.89. The third-order valence-corrected chi connectivity index (χ3v) is 8.62. The Morgan fingerprint density at radius 1 is 0.935 bits per heavy atom. The number of piperazine rings is 1. The van der Waals surface area contributed by atoms with Gasteiger partial charge in [0.05, 0.1) is 6.04 Å². The topological polar surface area (TPSA) is 40.6 Å². The van der Waals surface area contributed by atoms with Gasteiger partial charge in [0, 0.05) is 44.4 Å². The van der Waals surface area contributed by atoms with Crippen molar-refractivity contribution in [1.29, 1.82) is 0 Å². The van der Waals surface area contributed by atoms with E-state index in [0.717, 1.165) is 63.2 Å². The van der Waals surface area contributed by atoms with Crippen LogP contribution in [0.15, 0.2) is 43.0 Å². The van der Waals surface area contributed by atoms with Crippen LogP contribution >= 0.6 is 0 Å². The molecule has 5 aliphatic rings. The Hall–Kier alpha value is -1.94. The highest BCUT2D eigenvalue weighted by atomic mass is 16.2. The zero-order chi connectivity index (χ0) is 21.4. The third kappa shape index (κ3) is 4.11.